The molecule has 0 saturated heterocycles. The Hall–Kier alpha value is -2.53. The molecule has 2 rings (SSSR count). The first-order chi connectivity index (χ1) is 10.6. The van der Waals surface area contributed by atoms with Crippen LogP contribution in [0.3, 0.4) is 0 Å². The number of nitrogens with one attached hydrogen (secondary N) is 1. The molecule has 0 bridgehead atoms. The van der Waals surface area contributed by atoms with Gasteiger partial charge in [0.1, 0.15) is 5.69 Å². The number of anilines is 1. The summed E-state index contributed by atoms with van der Waals surface area (Å²) in [5, 5.41) is 10.8. The number of ketones is 1. The molecule has 0 aliphatic rings. The first-order valence-corrected chi connectivity index (χ1v) is 6.97. The molecule has 0 aliphatic carbocycles. The van der Waals surface area contributed by atoms with Crippen LogP contribution in [0.4, 0.5) is 11.4 Å². The first kappa shape index (κ1) is 15.9. The van der Waals surface area contributed by atoms with Gasteiger partial charge in [0.2, 0.25) is 6.04 Å². The standard InChI is InChI=1S/C16H14ClN3O2/c1-11(21)15(16(22)18-12-7-3-2-4-8-12)20-19-14-10-6-5-9-13(14)17/h2-10,15H,1H3,(H,18,22). The molecule has 2 aromatic carbocycles. The third-order valence-corrected chi connectivity index (χ3v) is 3.13. The Morgan fingerprint density at radius 3 is 2.32 bits per heavy atom. The van der Waals surface area contributed by atoms with Crippen LogP contribution >= 0.6 is 11.6 Å². The zero-order valence-corrected chi connectivity index (χ0v) is 12.6. The highest BCUT2D eigenvalue weighted by Crippen LogP contribution is 2.24. The summed E-state index contributed by atoms with van der Waals surface area (Å²) in [5.41, 5.74) is 0.995. The molecule has 0 saturated carbocycles. The van der Waals surface area contributed by atoms with Gasteiger partial charge in [0, 0.05) is 5.69 Å². The third-order valence-electron chi connectivity index (χ3n) is 2.81. The van der Waals surface area contributed by atoms with E-state index in [4.69, 9.17) is 11.6 Å². The quantitative estimate of drug-likeness (QED) is 0.668. The predicted molar refractivity (Wildman–Crippen MR) is 85.5 cm³/mol. The summed E-state index contributed by atoms with van der Waals surface area (Å²) in [6.07, 6.45) is 0. The topological polar surface area (TPSA) is 70.9 Å². The van der Waals surface area contributed by atoms with E-state index in [1.54, 1.807) is 48.5 Å². The van der Waals surface area contributed by atoms with Crippen molar-refractivity contribution < 1.29 is 9.59 Å². The second kappa shape index (κ2) is 7.47. The highest BCUT2D eigenvalue weighted by Gasteiger charge is 2.23. The molecule has 112 valence electrons. The number of carbonyl (C=O) groups excluding carboxylic acids is 2. The van der Waals surface area contributed by atoms with Crippen LogP contribution in [0.2, 0.25) is 5.02 Å². The lowest BCUT2D eigenvalue weighted by Crippen LogP contribution is -2.31. The average molecular weight is 316 g/mol. The number of amides is 1. The molecule has 1 atom stereocenters. The Morgan fingerprint density at radius 1 is 1.05 bits per heavy atom. The maximum Gasteiger partial charge on any atom is 0.258 e. The van der Waals surface area contributed by atoms with E-state index < -0.39 is 17.7 Å². The predicted octanol–water partition coefficient (Wildman–Crippen LogP) is 4.02. The van der Waals surface area contributed by atoms with Gasteiger partial charge in [-0.05, 0) is 31.2 Å². The molecule has 0 spiro atoms. The molecule has 1 unspecified atom stereocenters. The minimum Gasteiger partial charge on any atom is -0.324 e. The Kier molecular flexibility index (Phi) is 5.38. The minimum absolute atomic E-state index is 0.399. The number of azo groups is 1. The van der Waals surface area contributed by atoms with Gasteiger partial charge in [0.15, 0.2) is 5.78 Å². The number of rotatable bonds is 5. The normalized spacial score (nSPS) is 12.1. The number of halogens is 1. The molecular weight excluding hydrogens is 302 g/mol. The molecule has 0 radical (unpaired) electrons. The van der Waals surface area contributed by atoms with Crippen molar-refractivity contribution in [3.8, 4) is 0 Å². The monoisotopic (exact) mass is 315 g/mol. The number of benzene rings is 2. The van der Waals surface area contributed by atoms with Crippen molar-refractivity contribution in [3.63, 3.8) is 0 Å². The van der Waals surface area contributed by atoms with E-state index in [2.05, 4.69) is 15.5 Å². The molecule has 0 aromatic heterocycles. The molecule has 1 amide bonds. The zero-order valence-electron chi connectivity index (χ0n) is 11.9. The van der Waals surface area contributed by atoms with Gasteiger partial charge in [-0.25, -0.2) is 0 Å². The summed E-state index contributed by atoms with van der Waals surface area (Å²) in [4.78, 5) is 23.8. The Bertz CT molecular complexity index is 702. The van der Waals surface area contributed by atoms with Crippen molar-refractivity contribution in [1.82, 2.24) is 0 Å². The SMILES string of the molecule is CC(=O)C(N=Nc1ccccc1Cl)C(=O)Nc1ccccc1. The Balaban J connectivity index is 2.15. The second-order valence-corrected chi connectivity index (χ2v) is 4.94. The molecular formula is C16H14ClN3O2. The maximum atomic E-state index is 12.1. The van der Waals surface area contributed by atoms with Gasteiger partial charge in [-0.1, -0.05) is 41.9 Å². The van der Waals surface area contributed by atoms with Crippen molar-refractivity contribution in [2.75, 3.05) is 5.32 Å². The van der Waals surface area contributed by atoms with Gasteiger partial charge in [0.05, 0.1) is 5.02 Å². The van der Waals surface area contributed by atoms with Crippen molar-refractivity contribution >= 4 is 34.7 Å². The molecule has 0 aliphatic heterocycles. The van der Waals surface area contributed by atoms with Crippen LogP contribution < -0.4 is 5.32 Å². The summed E-state index contributed by atoms with van der Waals surface area (Å²) in [7, 11) is 0. The van der Waals surface area contributed by atoms with E-state index in [-0.39, 0.29) is 0 Å². The lowest BCUT2D eigenvalue weighted by molar-refractivity contribution is -0.126. The lowest BCUT2D eigenvalue weighted by Gasteiger charge is -2.09. The number of nitrogens with zero attached hydrogens (tertiary/aromatic N) is 2. The van der Waals surface area contributed by atoms with Crippen LogP contribution in [0.15, 0.2) is 64.8 Å². The van der Waals surface area contributed by atoms with Crippen molar-refractivity contribution in [2.24, 2.45) is 10.2 Å². The van der Waals surface area contributed by atoms with E-state index in [0.29, 0.717) is 16.4 Å². The fourth-order valence-electron chi connectivity index (χ4n) is 1.70. The number of Topliss-reactive ketones (excluding diaryl/α,β-unsaturated/α-hetero) is 1. The molecule has 22 heavy (non-hydrogen) atoms. The maximum absolute atomic E-state index is 12.1. The highest BCUT2D eigenvalue weighted by atomic mass is 35.5. The Morgan fingerprint density at radius 2 is 1.68 bits per heavy atom. The fraction of sp³-hybridized carbons (Fsp3) is 0.125. The molecule has 6 heteroatoms. The fourth-order valence-corrected chi connectivity index (χ4v) is 1.88. The van der Waals surface area contributed by atoms with Crippen LogP contribution in [0.5, 0.6) is 0 Å². The molecule has 5 nitrogen and oxygen atoms in total. The van der Waals surface area contributed by atoms with Crippen LogP contribution in [0.25, 0.3) is 0 Å². The van der Waals surface area contributed by atoms with E-state index >= 15 is 0 Å². The van der Waals surface area contributed by atoms with Crippen LogP contribution in [-0.2, 0) is 9.59 Å². The largest absolute Gasteiger partial charge is 0.324 e. The summed E-state index contributed by atoms with van der Waals surface area (Å²) in [6.45, 7) is 1.29. The summed E-state index contributed by atoms with van der Waals surface area (Å²) < 4.78 is 0. The molecule has 0 fully saturated rings. The van der Waals surface area contributed by atoms with Gasteiger partial charge < -0.3 is 5.32 Å². The van der Waals surface area contributed by atoms with Gasteiger partial charge in [-0.2, -0.15) is 10.2 Å². The minimum atomic E-state index is -1.21. The summed E-state index contributed by atoms with van der Waals surface area (Å²) in [6, 6.07) is 14.4. The first-order valence-electron chi connectivity index (χ1n) is 6.59. The number of hydrogen-bond donors (Lipinski definition) is 1. The average Bonchev–Trinajstić information content (AvgIpc) is 2.50. The number of carbonyl (C=O) groups is 2. The number of hydrogen-bond acceptors (Lipinski definition) is 4. The highest BCUT2D eigenvalue weighted by molar-refractivity contribution is 6.32. The molecule has 1 N–H and O–H groups in total. The zero-order chi connectivity index (χ0) is 15.9. The molecule has 2 aromatic rings. The van der Waals surface area contributed by atoms with Crippen molar-refractivity contribution in [2.45, 2.75) is 13.0 Å². The Labute approximate surface area is 133 Å². The number of para-hydroxylation sites is 1. The van der Waals surface area contributed by atoms with E-state index in [9.17, 15) is 9.59 Å². The smallest absolute Gasteiger partial charge is 0.258 e. The lowest BCUT2D eigenvalue weighted by atomic mass is 10.2. The van der Waals surface area contributed by atoms with Crippen LogP contribution in [0.1, 0.15) is 6.92 Å². The molecule has 0 heterocycles. The van der Waals surface area contributed by atoms with Crippen molar-refractivity contribution in [3.05, 3.63) is 59.6 Å². The summed E-state index contributed by atoms with van der Waals surface area (Å²) >= 11 is 5.96. The van der Waals surface area contributed by atoms with Gasteiger partial charge in [-0.15, -0.1) is 0 Å². The van der Waals surface area contributed by atoms with Crippen molar-refractivity contribution in [1.29, 1.82) is 0 Å². The van der Waals surface area contributed by atoms with Gasteiger partial charge >= 0.3 is 0 Å². The third kappa shape index (κ3) is 4.23. The van der Waals surface area contributed by atoms with Gasteiger partial charge in [0.25, 0.3) is 5.91 Å². The van der Waals surface area contributed by atoms with Gasteiger partial charge in [-0.3, -0.25) is 9.59 Å². The van der Waals surface area contributed by atoms with E-state index in [0.717, 1.165) is 0 Å². The van der Waals surface area contributed by atoms with Crippen LogP contribution in [0, 0.1) is 0 Å². The summed E-state index contributed by atoms with van der Waals surface area (Å²) in [5.74, 6) is -0.932. The van der Waals surface area contributed by atoms with E-state index in [1.807, 2.05) is 6.07 Å². The van der Waals surface area contributed by atoms with E-state index in [1.165, 1.54) is 6.92 Å². The second-order valence-electron chi connectivity index (χ2n) is 4.54. The van der Waals surface area contributed by atoms with Crippen LogP contribution in [-0.4, -0.2) is 17.7 Å².